The fraction of sp³-hybridized carbons (Fsp3) is 0.643. The summed E-state index contributed by atoms with van der Waals surface area (Å²) in [4.78, 5) is 4.26. The third-order valence-corrected chi connectivity index (χ3v) is 3.31. The second-order valence-corrected chi connectivity index (χ2v) is 5.14. The third kappa shape index (κ3) is 2.97. The molecule has 17 heavy (non-hydrogen) atoms. The summed E-state index contributed by atoms with van der Waals surface area (Å²) in [5.41, 5.74) is 0.259. The van der Waals surface area contributed by atoms with Gasteiger partial charge in [0.15, 0.2) is 0 Å². The zero-order valence-electron chi connectivity index (χ0n) is 10.6. The van der Waals surface area contributed by atoms with E-state index in [1.807, 2.05) is 26.0 Å². The monoisotopic (exact) mass is 235 g/mol. The van der Waals surface area contributed by atoms with Crippen molar-refractivity contribution in [2.45, 2.75) is 57.7 Å². The Morgan fingerprint density at radius 2 is 1.94 bits per heavy atom. The maximum absolute atomic E-state index is 10.5. The van der Waals surface area contributed by atoms with E-state index in [0.717, 1.165) is 31.2 Å². The minimum absolute atomic E-state index is 0.131. The molecule has 1 heterocycles. The summed E-state index contributed by atoms with van der Waals surface area (Å²) in [5.74, 6) is 0.628. The molecule has 1 aromatic heterocycles. The largest absolute Gasteiger partial charge is 0.475 e. The number of aliphatic hydroxyl groups is 1. The van der Waals surface area contributed by atoms with Crippen molar-refractivity contribution in [1.82, 2.24) is 4.98 Å². The first-order chi connectivity index (χ1) is 8.10. The minimum Gasteiger partial charge on any atom is -0.475 e. The highest BCUT2D eigenvalue weighted by Crippen LogP contribution is 2.36. The number of hydrogen-bond acceptors (Lipinski definition) is 3. The Hall–Kier alpha value is -1.09. The molecule has 1 fully saturated rings. The van der Waals surface area contributed by atoms with E-state index in [0.29, 0.717) is 5.88 Å². The first kappa shape index (κ1) is 12.4. The Morgan fingerprint density at radius 1 is 1.24 bits per heavy atom. The van der Waals surface area contributed by atoms with E-state index < -0.39 is 5.60 Å². The lowest BCUT2D eigenvalue weighted by molar-refractivity contribution is -0.00101. The van der Waals surface area contributed by atoms with Gasteiger partial charge < -0.3 is 9.84 Å². The molecule has 1 aromatic rings. The lowest BCUT2D eigenvalue weighted by Gasteiger charge is -2.32. The molecule has 0 amide bonds. The van der Waals surface area contributed by atoms with E-state index in [2.05, 4.69) is 4.98 Å². The fourth-order valence-electron chi connectivity index (χ4n) is 2.39. The Balaban J connectivity index is 2.11. The van der Waals surface area contributed by atoms with Crippen molar-refractivity contribution in [2.24, 2.45) is 0 Å². The maximum Gasteiger partial charge on any atom is 0.213 e. The molecule has 0 bridgehead atoms. The van der Waals surface area contributed by atoms with Gasteiger partial charge in [0.1, 0.15) is 0 Å². The van der Waals surface area contributed by atoms with Crippen molar-refractivity contribution >= 4 is 0 Å². The Labute approximate surface area is 103 Å². The predicted octanol–water partition coefficient (Wildman–Crippen LogP) is 3.02. The van der Waals surface area contributed by atoms with Crippen LogP contribution in [0.3, 0.4) is 0 Å². The molecule has 3 heteroatoms. The van der Waals surface area contributed by atoms with Crippen LogP contribution in [0.1, 0.15) is 51.5 Å². The molecule has 0 aromatic carbocycles. The van der Waals surface area contributed by atoms with Gasteiger partial charge in [0, 0.05) is 17.8 Å². The molecule has 0 saturated heterocycles. The van der Waals surface area contributed by atoms with Crippen LogP contribution in [0.5, 0.6) is 5.88 Å². The van der Waals surface area contributed by atoms with E-state index in [4.69, 9.17) is 4.74 Å². The van der Waals surface area contributed by atoms with Crippen molar-refractivity contribution in [3.63, 3.8) is 0 Å². The van der Waals surface area contributed by atoms with E-state index in [9.17, 15) is 5.11 Å². The average Bonchev–Trinajstić information content (AvgIpc) is 2.30. The van der Waals surface area contributed by atoms with Crippen LogP contribution in [0.4, 0.5) is 0 Å². The summed E-state index contributed by atoms with van der Waals surface area (Å²) in [6.07, 6.45) is 7.00. The van der Waals surface area contributed by atoms with Gasteiger partial charge in [-0.1, -0.05) is 19.3 Å². The second-order valence-electron chi connectivity index (χ2n) is 5.14. The van der Waals surface area contributed by atoms with Crippen LogP contribution in [-0.2, 0) is 5.60 Å². The van der Waals surface area contributed by atoms with Gasteiger partial charge in [0.05, 0.1) is 11.7 Å². The van der Waals surface area contributed by atoms with Crippen LogP contribution in [0.2, 0.25) is 0 Å². The van der Waals surface area contributed by atoms with Crippen LogP contribution >= 0.6 is 0 Å². The zero-order valence-corrected chi connectivity index (χ0v) is 10.6. The van der Waals surface area contributed by atoms with E-state index in [1.165, 1.54) is 6.42 Å². The predicted molar refractivity (Wildman–Crippen MR) is 67.0 cm³/mol. The van der Waals surface area contributed by atoms with Gasteiger partial charge >= 0.3 is 0 Å². The molecule has 0 spiro atoms. The minimum atomic E-state index is -0.665. The molecule has 0 unspecified atom stereocenters. The van der Waals surface area contributed by atoms with Crippen LogP contribution in [-0.4, -0.2) is 16.2 Å². The third-order valence-electron chi connectivity index (χ3n) is 3.31. The normalized spacial score (nSPS) is 19.3. The molecule has 2 rings (SSSR count). The van der Waals surface area contributed by atoms with Gasteiger partial charge in [0.2, 0.25) is 5.88 Å². The molecule has 1 saturated carbocycles. The summed E-state index contributed by atoms with van der Waals surface area (Å²) in [5, 5.41) is 10.5. The molecule has 0 aliphatic heterocycles. The molecule has 0 atom stereocenters. The molecule has 1 N–H and O–H groups in total. The quantitative estimate of drug-likeness (QED) is 0.875. The first-order valence-corrected chi connectivity index (χ1v) is 6.46. The lowest BCUT2D eigenvalue weighted by Crippen LogP contribution is -2.28. The maximum atomic E-state index is 10.5. The number of rotatable bonds is 3. The highest BCUT2D eigenvalue weighted by atomic mass is 16.5. The number of hydrogen-bond donors (Lipinski definition) is 1. The van der Waals surface area contributed by atoms with Crippen LogP contribution in [0, 0.1) is 0 Å². The van der Waals surface area contributed by atoms with Gasteiger partial charge in [-0.05, 0) is 32.8 Å². The molecule has 0 radical (unpaired) electrons. The SMILES string of the molecule is CC(C)Oc1ccc(C2(O)CCCCC2)cn1. The van der Waals surface area contributed by atoms with E-state index in [-0.39, 0.29) is 6.10 Å². The van der Waals surface area contributed by atoms with Gasteiger partial charge in [-0.25, -0.2) is 4.98 Å². The van der Waals surface area contributed by atoms with Crippen molar-refractivity contribution in [1.29, 1.82) is 0 Å². The molecule has 3 nitrogen and oxygen atoms in total. The molecular formula is C14H21NO2. The van der Waals surface area contributed by atoms with Crippen molar-refractivity contribution in [2.75, 3.05) is 0 Å². The standard InChI is InChI=1S/C14H21NO2/c1-11(2)17-13-7-6-12(10-15-13)14(16)8-4-3-5-9-14/h6-7,10-11,16H,3-5,8-9H2,1-2H3. The number of ether oxygens (including phenoxy) is 1. The number of pyridine rings is 1. The first-order valence-electron chi connectivity index (χ1n) is 6.46. The number of aromatic nitrogens is 1. The highest BCUT2D eigenvalue weighted by molar-refractivity contribution is 5.24. The van der Waals surface area contributed by atoms with Gasteiger partial charge in [-0.2, -0.15) is 0 Å². The summed E-state index contributed by atoms with van der Waals surface area (Å²) in [7, 11) is 0. The van der Waals surface area contributed by atoms with Gasteiger partial charge in [-0.15, -0.1) is 0 Å². The van der Waals surface area contributed by atoms with Crippen molar-refractivity contribution in [3.8, 4) is 5.88 Å². The smallest absolute Gasteiger partial charge is 0.213 e. The fourth-order valence-corrected chi connectivity index (χ4v) is 2.39. The highest BCUT2D eigenvalue weighted by Gasteiger charge is 2.31. The van der Waals surface area contributed by atoms with Gasteiger partial charge in [-0.3, -0.25) is 0 Å². The van der Waals surface area contributed by atoms with Crippen LogP contribution in [0.25, 0.3) is 0 Å². The Kier molecular flexibility index (Phi) is 3.67. The average molecular weight is 235 g/mol. The van der Waals surface area contributed by atoms with E-state index in [1.54, 1.807) is 6.20 Å². The molecule has 1 aliphatic rings. The van der Waals surface area contributed by atoms with Crippen LogP contribution in [0.15, 0.2) is 18.3 Å². The number of nitrogens with zero attached hydrogens (tertiary/aromatic N) is 1. The summed E-state index contributed by atoms with van der Waals surface area (Å²) in [6.45, 7) is 3.95. The van der Waals surface area contributed by atoms with Crippen LogP contribution < -0.4 is 4.74 Å². The van der Waals surface area contributed by atoms with Gasteiger partial charge in [0.25, 0.3) is 0 Å². The summed E-state index contributed by atoms with van der Waals surface area (Å²) < 4.78 is 5.50. The molecular weight excluding hydrogens is 214 g/mol. The van der Waals surface area contributed by atoms with E-state index >= 15 is 0 Å². The molecule has 1 aliphatic carbocycles. The topological polar surface area (TPSA) is 42.4 Å². The zero-order chi connectivity index (χ0) is 12.3. The van der Waals surface area contributed by atoms with Crippen molar-refractivity contribution < 1.29 is 9.84 Å². The Morgan fingerprint density at radius 3 is 2.47 bits per heavy atom. The lowest BCUT2D eigenvalue weighted by atomic mass is 9.80. The Bertz CT molecular complexity index is 353. The summed E-state index contributed by atoms with van der Waals surface area (Å²) >= 11 is 0. The second kappa shape index (κ2) is 5.05. The summed E-state index contributed by atoms with van der Waals surface area (Å²) in [6, 6.07) is 3.79. The van der Waals surface area contributed by atoms with Crippen molar-refractivity contribution in [3.05, 3.63) is 23.9 Å². The molecule has 94 valence electrons.